The maximum Gasteiger partial charge on any atom is 0.172 e. The molecule has 3 aromatic heterocycles. The van der Waals surface area contributed by atoms with Crippen LogP contribution in [-0.2, 0) is 6.42 Å². The number of aromatic nitrogens is 4. The molecule has 4 nitrogen and oxygen atoms in total. The van der Waals surface area contributed by atoms with Gasteiger partial charge in [-0.25, -0.2) is 15.0 Å². The Morgan fingerprint density at radius 2 is 1.20 bits per heavy atom. The fourth-order valence-corrected chi connectivity index (χ4v) is 8.48. The lowest BCUT2D eigenvalue weighted by molar-refractivity contribution is 0.890. The number of thiophene rings is 1. The molecule has 10 rings (SSSR count). The number of nitrogens with zero attached hydrogens (tertiary/aromatic N) is 4. The predicted octanol–water partition coefficient (Wildman–Crippen LogP) is 11.4. The smallest absolute Gasteiger partial charge is 0.172 e. The summed E-state index contributed by atoms with van der Waals surface area (Å²) >= 11 is 1.89. The second-order valence-corrected chi connectivity index (χ2v) is 13.6. The molecule has 0 atom stereocenters. The first-order valence-corrected chi connectivity index (χ1v) is 17.7. The first-order valence-electron chi connectivity index (χ1n) is 16.9. The van der Waals surface area contributed by atoms with Gasteiger partial charge in [-0.15, -0.1) is 11.3 Å². The first-order chi connectivity index (χ1) is 24.8. The highest BCUT2D eigenvalue weighted by molar-refractivity contribution is 7.26. The summed E-state index contributed by atoms with van der Waals surface area (Å²) in [5.41, 5.74) is 9.82. The molecule has 0 radical (unpaired) electrons. The van der Waals surface area contributed by atoms with Crippen LogP contribution in [-0.4, -0.2) is 19.5 Å². The highest BCUT2D eigenvalue weighted by atomic mass is 32.1. The van der Waals surface area contributed by atoms with Gasteiger partial charge < -0.3 is 4.57 Å². The number of fused-ring (bicyclic) bond motifs is 7. The van der Waals surface area contributed by atoms with Gasteiger partial charge in [0.25, 0.3) is 0 Å². The van der Waals surface area contributed by atoms with Gasteiger partial charge in [-0.1, -0.05) is 133 Å². The standard InChI is InChI=1S/C45H28N4S/c1-3-13-30(14-4-1)43-46-44(31-15-5-2-6-16-31)48-45(47-43)32-25-23-29(24-26-32)33-17-7-10-20-38(33)49-39-21-11-8-18-34(39)36-27-28-37-35-19-9-12-22-40(35)50-42(37)41(36)49/h1-10,12-20,22-23,25,27-28H,11,21H2. The van der Waals surface area contributed by atoms with Gasteiger partial charge in [0.1, 0.15) is 0 Å². The van der Waals surface area contributed by atoms with Crippen LogP contribution < -0.4 is 0 Å². The lowest BCUT2D eigenvalue weighted by Gasteiger charge is -2.17. The molecule has 234 valence electrons. The molecule has 50 heavy (non-hydrogen) atoms. The topological polar surface area (TPSA) is 43.6 Å². The zero-order valence-electron chi connectivity index (χ0n) is 27.0. The second-order valence-electron chi connectivity index (χ2n) is 12.5. The van der Waals surface area contributed by atoms with Crippen molar-refractivity contribution < 1.29 is 0 Å². The molecule has 3 heterocycles. The molecule has 0 unspecified atom stereocenters. The number of hydrogen-bond acceptors (Lipinski definition) is 4. The largest absolute Gasteiger partial charge is 0.311 e. The fourth-order valence-electron chi connectivity index (χ4n) is 7.24. The molecular weight excluding hydrogens is 629 g/mol. The van der Waals surface area contributed by atoms with Crippen molar-refractivity contribution in [3.8, 4) is 51.0 Å². The minimum Gasteiger partial charge on any atom is -0.311 e. The number of rotatable bonds is 5. The van der Waals surface area contributed by atoms with E-state index in [9.17, 15) is 0 Å². The second kappa shape index (κ2) is 11.7. The maximum atomic E-state index is 4.91. The Balaban J connectivity index is 1.13. The van der Waals surface area contributed by atoms with Gasteiger partial charge in [0.05, 0.1) is 21.5 Å². The molecule has 0 aliphatic heterocycles. The van der Waals surface area contributed by atoms with E-state index in [1.54, 1.807) is 0 Å². The van der Waals surface area contributed by atoms with Crippen molar-refractivity contribution in [1.82, 2.24) is 19.5 Å². The highest BCUT2D eigenvalue weighted by Gasteiger charge is 2.23. The van der Waals surface area contributed by atoms with Crippen LogP contribution in [0.3, 0.4) is 0 Å². The Kier molecular flexibility index (Phi) is 6.68. The van der Waals surface area contributed by atoms with Crippen molar-refractivity contribution in [2.45, 2.75) is 12.8 Å². The Morgan fingerprint density at radius 3 is 1.96 bits per heavy atom. The van der Waals surface area contributed by atoms with E-state index >= 15 is 0 Å². The zero-order chi connectivity index (χ0) is 33.0. The van der Waals surface area contributed by atoms with E-state index in [0.717, 1.165) is 46.3 Å². The Labute approximate surface area is 293 Å². The molecule has 1 aliphatic rings. The number of hydrogen-bond donors (Lipinski definition) is 0. The van der Waals surface area contributed by atoms with Crippen molar-refractivity contribution in [3.63, 3.8) is 0 Å². The van der Waals surface area contributed by atoms with Crippen LogP contribution in [0.2, 0.25) is 0 Å². The molecule has 0 N–H and O–H groups in total. The van der Waals surface area contributed by atoms with Crippen LogP contribution in [0.25, 0.3) is 88.1 Å². The van der Waals surface area contributed by atoms with Gasteiger partial charge in [-0.3, -0.25) is 0 Å². The van der Waals surface area contributed by atoms with E-state index in [0.29, 0.717) is 17.5 Å². The summed E-state index contributed by atoms with van der Waals surface area (Å²) in [6, 6.07) is 53.3. The van der Waals surface area contributed by atoms with Crippen LogP contribution >= 0.6 is 11.3 Å². The van der Waals surface area contributed by atoms with E-state index in [4.69, 9.17) is 15.0 Å². The number of allylic oxidation sites excluding steroid dienone is 1. The summed E-state index contributed by atoms with van der Waals surface area (Å²) in [6.07, 6.45) is 6.64. The maximum absolute atomic E-state index is 4.91. The van der Waals surface area contributed by atoms with Gasteiger partial charge in [-0.05, 0) is 37.1 Å². The molecule has 1 aliphatic carbocycles. The van der Waals surface area contributed by atoms with Crippen LogP contribution in [0.15, 0.2) is 140 Å². The normalized spacial score (nSPS) is 12.4. The van der Waals surface area contributed by atoms with E-state index in [2.05, 4.69) is 102 Å². The van der Waals surface area contributed by atoms with Crippen molar-refractivity contribution >= 4 is 48.5 Å². The molecule has 0 spiro atoms. The average molecular weight is 657 g/mol. The van der Waals surface area contributed by atoms with E-state index in [1.165, 1.54) is 42.3 Å². The summed E-state index contributed by atoms with van der Waals surface area (Å²) in [5.74, 6) is 1.82. The summed E-state index contributed by atoms with van der Waals surface area (Å²) in [5, 5.41) is 3.92. The lowest BCUT2D eigenvalue weighted by atomic mass is 10.0. The van der Waals surface area contributed by atoms with Crippen molar-refractivity contribution in [2.24, 2.45) is 0 Å². The highest BCUT2D eigenvalue weighted by Crippen LogP contribution is 2.44. The minimum absolute atomic E-state index is 0.568. The summed E-state index contributed by atoms with van der Waals surface area (Å²) < 4.78 is 5.16. The van der Waals surface area contributed by atoms with Gasteiger partial charge in [0.15, 0.2) is 17.5 Å². The fraction of sp³-hybridized carbons (Fsp3) is 0.0444. The van der Waals surface area contributed by atoms with Crippen molar-refractivity contribution in [1.29, 1.82) is 0 Å². The van der Waals surface area contributed by atoms with Crippen LogP contribution in [0, 0.1) is 12.1 Å². The SMILES string of the molecule is c1c(-c2nc(-c3ccccc3)nc(-c3ccccc3)n2)ccc(-c2ccccc2-n2c3c(c4ccc5c6ccccc6sc5c42)C=CCC3)c#1. The van der Waals surface area contributed by atoms with Gasteiger partial charge in [0.2, 0.25) is 0 Å². The van der Waals surface area contributed by atoms with Crippen molar-refractivity contribution in [2.75, 3.05) is 0 Å². The minimum atomic E-state index is 0.568. The number of para-hydroxylation sites is 1. The van der Waals surface area contributed by atoms with Crippen LogP contribution in [0.1, 0.15) is 17.7 Å². The molecule has 0 fully saturated rings. The zero-order valence-corrected chi connectivity index (χ0v) is 27.8. The van der Waals surface area contributed by atoms with E-state index < -0.39 is 0 Å². The molecule has 0 saturated carbocycles. The van der Waals surface area contributed by atoms with Crippen LogP contribution in [0.5, 0.6) is 0 Å². The van der Waals surface area contributed by atoms with Crippen molar-refractivity contribution in [3.05, 3.63) is 163 Å². The molecular formula is C45H28N4S. The number of benzene rings is 5. The Morgan fingerprint density at radius 1 is 0.560 bits per heavy atom. The third-order valence-electron chi connectivity index (χ3n) is 9.57. The third kappa shape index (κ3) is 4.65. The summed E-state index contributed by atoms with van der Waals surface area (Å²) in [4.78, 5) is 14.7. The summed E-state index contributed by atoms with van der Waals surface area (Å²) in [6.45, 7) is 0. The Hall–Kier alpha value is -6.35. The average Bonchev–Trinajstić information content (AvgIpc) is 3.75. The van der Waals surface area contributed by atoms with Gasteiger partial charge in [-0.2, -0.15) is 0 Å². The molecule has 0 saturated heterocycles. The quantitative estimate of drug-likeness (QED) is 0.185. The molecule has 9 aromatic rings. The van der Waals surface area contributed by atoms with Gasteiger partial charge >= 0.3 is 0 Å². The molecule has 6 aromatic carbocycles. The third-order valence-corrected chi connectivity index (χ3v) is 10.8. The molecule has 0 amide bonds. The molecule has 5 heteroatoms. The first kappa shape index (κ1) is 28.6. The van der Waals surface area contributed by atoms with E-state index in [1.807, 2.05) is 72.0 Å². The van der Waals surface area contributed by atoms with E-state index in [-0.39, 0.29) is 0 Å². The van der Waals surface area contributed by atoms with Gasteiger partial charge in [0, 0.05) is 54.4 Å². The Bertz CT molecular complexity index is 2680. The monoisotopic (exact) mass is 656 g/mol. The summed E-state index contributed by atoms with van der Waals surface area (Å²) in [7, 11) is 0. The predicted molar refractivity (Wildman–Crippen MR) is 206 cm³/mol. The lowest BCUT2D eigenvalue weighted by Crippen LogP contribution is -2.04. The molecule has 0 bridgehead atoms. The van der Waals surface area contributed by atoms with Crippen LogP contribution in [0.4, 0.5) is 0 Å².